The number of anilines is 3. The van der Waals surface area contributed by atoms with Gasteiger partial charge in [-0.1, -0.05) is 0 Å². The second-order valence-corrected chi connectivity index (χ2v) is 4.48. The van der Waals surface area contributed by atoms with E-state index in [4.69, 9.17) is 0 Å². The Morgan fingerprint density at radius 1 is 0.636 bits per heavy atom. The number of benzene rings is 1. The molecular formula is C16H10F3N3. The van der Waals surface area contributed by atoms with Crippen molar-refractivity contribution < 1.29 is 13.2 Å². The van der Waals surface area contributed by atoms with E-state index in [-0.39, 0.29) is 11.6 Å². The number of halogens is 3. The van der Waals surface area contributed by atoms with Gasteiger partial charge in [0.15, 0.2) is 0 Å². The number of hydrogen-bond donors (Lipinski definition) is 0. The molecule has 0 fully saturated rings. The monoisotopic (exact) mass is 301 g/mol. The molecule has 0 aliphatic rings. The Balaban J connectivity index is 2.15. The minimum atomic E-state index is -0.492. The molecule has 0 aliphatic carbocycles. The van der Waals surface area contributed by atoms with Crippen molar-refractivity contribution in [2.24, 2.45) is 0 Å². The van der Waals surface area contributed by atoms with Gasteiger partial charge >= 0.3 is 0 Å². The summed E-state index contributed by atoms with van der Waals surface area (Å²) in [5.41, 5.74) is 0.484. The Bertz CT molecular complexity index is 745. The lowest BCUT2D eigenvalue weighted by Gasteiger charge is -2.22. The Morgan fingerprint density at radius 3 is 1.59 bits per heavy atom. The first-order valence-electron chi connectivity index (χ1n) is 6.42. The molecule has 0 saturated heterocycles. The number of pyridine rings is 2. The highest BCUT2D eigenvalue weighted by atomic mass is 19.1. The van der Waals surface area contributed by atoms with Gasteiger partial charge in [0.2, 0.25) is 0 Å². The summed E-state index contributed by atoms with van der Waals surface area (Å²) in [6, 6.07) is 10.2. The van der Waals surface area contributed by atoms with Crippen LogP contribution >= 0.6 is 0 Å². The van der Waals surface area contributed by atoms with Crippen LogP contribution in [0.1, 0.15) is 0 Å². The third-order valence-corrected chi connectivity index (χ3v) is 2.96. The van der Waals surface area contributed by atoms with Gasteiger partial charge in [0, 0.05) is 30.2 Å². The van der Waals surface area contributed by atoms with Gasteiger partial charge in [-0.15, -0.1) is 0 Å². The summed E-state index contributed by atoms with van der Waals surface area (Å²) in [5, 5.41) is 0. The molecule has 0 atom stereocenters. The third-order valence-electron chi connectivity index (χ3n) is 2.96. The van der Waals surface area contributed by atoms with Crippen LogP contribution < -0.4 is 4.90 Å². The van der Waals surface area contributed by atoms with Crippen LogP contribution in [0.25, 0.3) is 0 Å². The van der Waals surface area contributed by atoms with Crippen LogP contribution in [0.2, 0.25) is 0 Å². The maximum Gasteiger partial charge on any atom is 0.141 e. The lowest BCUT2D eigenvalue weighted by molar-refractivity contribution is 0.623. The predicted molar refractivity (Wildman–Crippen MR) is 76.6 cm³/mol. The van der Waals surface area contributed by atoms with Crippen LogP contribution in [0.3, 0.4) is 0 Å². The van der Waals surface area contributed by atoms with Crippen LogP contribution in [-0.4, -0.2) is 9.97 Å². The molecule has 0 aliphatic heterocycles. The number of aromatic nitrogens is 2. The molecule has 0 radical (unpaired) electrons. The Hall–Kier alpha value is -2.89. The molecule has 3 rings (SSSR count). The zero-order chi connectivity index (χ0) is 15.5. The topological polar surface area (TPSA) is 29.0 Å². The van der Waals surface area contributed by atoms with E-state index in [1.807, 2.05) is 0 Å². The lowest BCUT2D eigenvalue weighted by Crippen LogP contribution is -2.13. The second kappa shape index (κ2) is 5.85. The Labute approximate surface area is 124 Å². The minimum absolute atomic E-state index is 0.213. The Kier molecular flexibility index (Phi) is 3.74. The fraction of sp³-hybridized carbons (Fsp3) is 0. The maximum atomic E-state index is 13.5. The first-order chi connectivity index (χ1) is 10.6. The van der Waals surface area contributed by atoms with E-state index in [2.05, 4.69) is 9.97 Å². The molecular weight excluding hydrogens is 291 g/mol. The van der Waals surface area contributed by atoms with Crippen LogP contribution in [0.5, 0.6) is 0 Å². The van der Waals surface area contributed by atoms with Gasteiger partial charge in [-0.25, -0.2) is 23.1 Å². The van der Waals surface area contributed by atoms with E-state index in [1.165, 1.54) is 65.8 Å². The highest BCUT2D eigenvalue weighted by molar-refractivity contribution is 5.71. The van der Waals surface area contributed by atoms with E-state index >= 15 is 0 Å². The average molecular weight is 301 g/mol. The van der Waals surface area contributed by atoms with Crippen molar-refractivity contribution in [3.8, 4) is 0 Å². The van der Waals surface area contributed by atoms with E-state index < -0.39 is 17.5 Å². The molecule has 3 nitrogen and oxygen atoms in total. The highest BCUT2D eigenvalue weighted by Crippen LogP contribution is 2.32. The fourth-order valence-electron chi connectivity index (χ4n) is 2.00. The zero-order valence-electron chi connectivity index (χ0n) is 11.2. The summed E-state index contributed by atoms with van der Waals surface area (Å²) < 4.78 is 40.1. The molecule has 1 aromatic carbocycles. The lowest BCUT2D eigenvalue weighted by atomic mass is 10.2. The minimum Gasteiger partial charge on any atom is -0.279 e. The number of hydrogen-bond acceptors (Lipinski definition) is 3. The molecule has 0 bridgehead atoms. The predicted octanol–water partition coefficient (Wildman–Crippen LogP) is 4.36. The van der Waals surface area contributed by atoms with Gasteiger partial charge in [0.05, 0.1) is 0 Å². The molecule has 0 unspecified atom stereocenters. The molecule has 0 N–H and O–H groups in total. The molecule has 110 valence electrons. The van der Waals surface area contributed by atoms with Gasteiger partial charge in [-0.2, -0.15) is 0 Å². The smallest absolute Gasteiger partial charge is 0.141 e. The van der Waals surface area contributed by atoms with E-state index in [1.54, 1.807) is 0 Å². The fourth-order valence-corrected chi connectivity index (χ4v) is 2.00. The second-order valence-electron chi connectivity index (χ2n) is 4.48. The number of rotatable bonds is 3. The van der Waals surface area contributed by atoms with Crippen LogP contribution in [0.15, 0.2) is 60.9 Å². The highest BCUT2D eigenvalue weighted by Gasteiger charge is 2.16. The van der Waals surface area contributed by atoms with Crippen LogP contribution in [0, 0.1) is 17.5 Å². The summed E-state index contributed by atoms with van der Waals surface area (Å²) in [4.78, 5) is 9.59. The van der Waals surface area contributed by atoms with E-state index in [9.17, 15) is 13.2 Å². The standard InChI is InChI=1S/C16H10F3N3/c17-11-1-3-14(4-2-11)22(15-9-12(18)5-7-20-15)16-10-13(19)6-8-21-16/h1-10H. The first-order valence-corrected chi connectivity index (χ1v) is 6.42. The Morgan fingerprint density at radius 2 is 1.14 bits per heavy atom. The molecule has 0 spiro atoms. The summed E-state index contributed by atoms with van der Waals surface area (Å²) >= 11 is 0. The third kappa shape index (κ3) is 2.90. The van der Waals surface area contributed by atoms with Crippen molar-refractivity contribution in [3.63, 3.8) is 0 Å². The number of nitrogens with zero attached hydrogens (tertiary/aromatic N) is 3. The van der Waals surface area contributed by atoms with Crippen LogP contribution in [0.4, 0.5) is 30.5 Å². The van der Waals surface area contributed by atoms with E-state index in [0.29, 0.717) is 5.69 Å². The molecule has 3 aromatic rings. The van der Waals surface area contributed by atoms with Crippen molar-refractivity contribution >= 4 is 17.3 Å². The summed E-state index contributed by atoms with van der Waals surface area (Å²) in [6.07, 6.45) is 2.58. The van der Waals surface area contributed by atoms with Crippen molar-refractivity contribution in [3.05, 3.63) is 78.4 Å². The molecule has 0 amide bonds. The van der Waals surface area contributed by atoms with Gasteiger partial charge in [-0.3, -0.25) is 4.90 Å². The van der Waals surface area contributed by atoms with Gasteiger partial charge in [0.1, 0.15) is 29.1 Å². The molecule has 6 heteroatoms. The quantitative estimate of drug-likeness (QED) is 0.719. The van der Waals surface area contributed by atoms with Crippen LogP contribution in [-0.2, 0) is 0 Å². The van der Waals surface area contributed by atoms with Gasteiger partial charge in [-0.05, 0) is 36.4 Å². The molecule has 0 saturated carbocycles. The molecule has 2 heterocycles. The van der Waals surface area contributed by atoms with Crippen molar-refractivity contribution in [1.82, 2.24) is 9.97 Å². The van der Waals surface area contributed by atoms with Gasteiger partial charge in [0.25, 0.3) is 0 Å². The van der Waals surface area contributed by atoms with Crippen molar-refractivity contribution in [2.45, 2.75) is 0 Å². The maximum absolute atomic E-state index is 13.5. The van der Waals surface area contributed by atoms with Crippen molar-refractivity contribution in [2.75, 3.05) is 4.90 Å². The molecule has 2 aromatic heterocycles. The summed E-state index contributed by atoms with van der Waals surface area (Å²) in [7, 11) is 0. The van der Waals surface area contributed by atoms with E-state index in [0.717, 1.165) is 0 Å². The SMILES string of the molecule is Fc1ccc(N(c2cc(F)ccn2)c2cc(F)ccn2)cc1. The summed E-state index contributed by atoms with van der Waals surface area (Å²) in [6.45, 7) is 0. The summed E-state index contributed by atoms with van der Waals surface area (Å²) in [5.74, 6) is -0.973. The average Bonchev–Trinajstić information content (AvgIpc) is 2.50. The molecule has 22 heavy (non-hydrogen) atoms. The largest absolute Gasteiger partial charge is 0.279 e. The first kappa shape index (κ1) is 14.1. The van der Waals surface area contributed by atoms with Gasteiger partial charge < -0.3 is 0 Å². The zero-order valence-corrected chi connectivity index (χ0v) is 11.2. The normalized spacial score (nSPS) is 10.5. The van der Waals surface area contributed by atoms with Crippen molar-refractivity contribution in [1.29, 1.82) is 0 Å².